The van der Waals surface area contributed by atoms with E-state index < -0.39 is 20.0 Å². The Morgan fingerprint density at radius 2 is 1.06 bits per heavy atom. The predicted octanol–water partition coefficient (Wildman–Crippen LogP) is 11.3. The van der Waals surface area contributed by atoms with Crippen LogP contribution in [0, 0.1) is 0 Å². The summed E-state index contributed by atoms with van der Waals surface area (Å²) in [5, 5.41) is 13.7. The molecule has 0 aliphatic heterocycles. The summed E-state index contributed by atoms with van der Waals surface area (Å²) in [4.78, 5) is 23.0. The summed E-state index contributed by atoms with van der Waals surface area (Å²) in [5.74, 6) is -0.199. The van der Waals surface area contributed by atoms with Crippen LogP contribution in [0.1, 0.15) is 168 Å². The number of phosphoric acid groups is 1. The van der Waals surface area contributed by atoms with Gasteiger partial charge in [-0.15, -0.1) is 0 Å². The first-order chi connectivity index (χ1) is 25.0. The van der Waals surface area contributed by atoms with Gasteiger partial charge in [-0.05, 0) is 70.6 Å². The van der Waals surface area contributed by atoms with Crippen LogP contribution in [0.5, 0.6) is 0 Å². The van der Waals surface area contributed by atoms with Crippen molar-refractivity contribution in [1.29, 1.82) is 0 Å². The molecule has 0 heterocycles. The molecule has 0 spiro atoms. The predicted molar refractivity (Wildman–Crippen MR) is 221 cm³/mol. The zero-order chi connectivity index (χ0) is 38.6. The number of hydrogen-bond donors (Lipinski definition) is 3. The number of quaternary nitrogens is 1. The van der Waals surface area contributed by atoms with Crippen LogP contribution < -0.4 is 5.32 Å². The molecule has 0 aromatic rings. The van der Waals surface area contributed by atoms with E-state index in [1.54, 1.807) is 6.08 Å². The minimum atomic E-state index is -4.35. The average molecular weight is 754 g/mol. The molecule has 52 heavy (non-hydrogen) atoms. The molecule has 0 aromatic heterocycles. The van der Waals surface area contributed by atoms with Gasteiger partial charge in [0, 0.05) is 6.42 Å². The normalized spacial score (nSPS) is 15.0. The molecule has 304 valence electrons. The van der Waals surface area contributed by atoms with Gasteiger partial charge in [-0.25, -0.2) is 4.57 Å². The summed E-state index contributed by atoms with van der Waals surface area (Å²) in [7, 11) is 1.54. The monoisotopic (exact) mass is 754 g/mol. The number of carbonyl (C=O) groups excluding carboxylic acids is 1. The van der Waals surface area contributed by atoms with Gasteiger partial charge in [-0.1, -0.05) is 140 Å². The number of likely N-dealkylation sites (N-methyl/N-ethyl adjacent to an activating group) is 1. The SMILES string of the molecule is CCCCC/C=C/CC/C=C/CC/C=C/C(O)C(COP(=O)(O)OCC[N+](C)(C)C)NC(=O)CCCCCCCCC/C=C\CCCCCCCC. The number of allylic oxidation sites excluding steroid dienone is 7. The van der Waals surface area contributed by atoms with E-state index in [0.29, 0.717) is 17.4 Å². The minimum Gasteiger partial charge on any atom is -0.387 e. The average Bonchev–Trinajstić information content (AvgIpc) is 3.09. The molecule has 8 nitrogen and oxygen atoms in total. The van der Waals surface area contributed by atoms with Crippen LogP contribution in [0.3, 0.4) is 0 Å². The highest BCUT2D eigenvalue weighted by Gasteiger charge is 2.27. The molecule has 0 aromatic carbocycles. The van der Waals surface area contributed by atoms with Gasteiger partial charge >= 0.3 is 7.82 Å². The lowest BCUT2D eigenvalue weighted by Gasteiger charge is -2.25. The Bertz CT molecular complexity index is 991. The third-order valence-corrected chi connectivity index (χ3v) is 9.98. The van der Waals surface area contributed by atoms with Crippen LogP contribution in [0.2, 0.25) is 0 Å². The highest BCUT2D eigenvalue weighted by Crippen LogP contribution is 2.43. The molecular weight excluding hydrogens is 671 g/mol. The lowest BCUT2D eigenvalue weighted by atomic mass is 10.1. The number of nitrogens with one attached hydrogen (secondary N) is 1. The number of carbonyl (C=O) groups is 1. The fourth-order valence-corrected chi connectivity index (χ4v) is 6.33. The minimum absolute atomic E-state index is 0.0515. The first-order valence-electron chi connectivity index (χ1n) is 21.0. The Labute approximate surface area is 320 Å². The molecule has 9 heteroatoms. The standard InChI is InChI=1S/C43H81N2O6P/c1-6-8-10-12-14-16-18-20-21-22-23-25-27-29-31-33-35-37-43(47)44-41(40-51-52(48,49)50-39-38-45(3,4)5)42(46)36-34-32-30-28-26-24-19-17-15-13-11-9-7-2/h15,17,20-21,26,28,34,36,41-42,46H,6-14,16,18-19,22-25,27,29-33,35,37-40H2,1-5H3,(H-,44,47,48,49)/p+1/b17-15+,21-20-,28-26+,36-34+. The van der Waals surface area contributed by atoms with Crippen molar-refractivity contribution in [3.05, 3.63) is 48.6 Å². The van der Waals surface area contributed by atoms with Crippen molar-refractivity contribution in [3.63, 3.8) is 0 Å². The smallest absolute Gasteiger partial charge is 0.387 e. The summed E-state index contributed by atoms with van der Waals surface area (Å²) in [6.07, 6.45) is 43.2. The van der Waals surface area contributed by atoms with Crippen molar-refractivity contribution >= 4 is 13.7 Å². The maximum atomic E-state index is 12.8. The van der Waals surface area contributed by atoms with Crippen molar-refractivity contribution in [1.82, 2.24) is 5.32 Å². The fraction of sp³-hybridized carbons (Fsp3) is 0.791. The summed E-state index contributed by atoms with van der Waals surface area (Å²) in [6, 6.07) is -0.870. The third kappa shape index (κ3) is 36.8. The number of aliphatic hydroxyl groups excluding tert-OH is 1. The first-order valence-corrected chi connectivity index (χ1v) is 22.5. The summed E-state index contributed by atoms with van der Waals surface area (Å²) >= 11 is 0. The van der Waals surface area contributed by atoms with Crippen LogP contribution in [-0.4, -0.2) is 73.4 Å². The summed E-state index contributed by atoms with van der Waals surface area (Å²) in [5.41, 5.74) is 0. The second-order valence-corrected chi connectivity index (χ2v) is 16.8. The maximum absolute atomic E-state index is 12.8. The molecule has 0 saturated carbocycles. The molecule has 0 saturated heterocycles. The lowest BCUT2D eigenvalue weighted by Crippen LogP contribution is -2.45. The van der Waals surface area contributed by atoms with E-state index >= 15 is 0 Å². The molecule has 3 N–H and O–H groups in total. The highest BCUT2D eigenvalue weighted by molar-refractivity contribution is 7.47. The number of hydrogen-bond acceptors (Lipinski definition) is 5. The van der Waals surface area contributed by atoms with Crippen molar-refractivity contribution in [2.24, 2.45) is 0 Å². The zero-order valence-electron chi connectivity index (χ0n) is 34.3. The Morgan fingerprint density at radius 3 is 1.58 bits per heavy atom. The van der Waals surface area contributed by atoms with Crippen LogP contribution in [-0.2, 0) is 18.4 Å². The van der Waals surface area contributed by atoms with E-state index in [4.69, 9.17) is 9.05 Å². The first kappa shape index (κ1) is 50.5. The van der Waals surface area contributed by atoms with Crippen LogP contribution in [0.25, 0.3) is 0 Å². The molecule has 0 bridgehead atoms. The molecule has 3 atom stereocenters. The zero-order valence-corrected chi connectivity index (χ0v) is 35.2. The topological polar surface area (TPSA) is 105 Å². The van der Waals surface area contributed by atoms with Gasteiger partial charge in [0.2, 0.25) is 5.91 Å². The Kier molecular flexibility index (Phi) is 34.1. The van der Waals surface area contributed by atoms with Crippen molar-refractivity contribution in [2.75, 3.05) is 40.9 Å². The van der Waals surface area contributed by atoms with Gasteiger partial charge < -0.3 is 19.8 Å². The van der Waals surface area contributed by atoms with E-state index in [9.17, 15) is 19.4 Å². The number of unbranched alkanes of at least 4 members (excludes halogenated alkanes) is 18. The highest BCUT2D eigenvalue weighted by atomic mass is 31.2. The Hall–Kier alpha value is -1.54. The van der Waals surface area contributed by atoms with Crippen LogP contribution in [0.4, 0.5) is 0 Å². The second kappa shape index (κ2) is 35.2. The van der Waals surface area contributed by atoms with Gasteiger partial charge in [0.1, 0.15) is 13.2 Å². The molecular formula is C43H82N2O6P+. The number of rotatable bonds is 37. The summed E-state index contributed by atoms with van der Waals surface area (Å²) in [6.45, 7) is 4.72. The van der Waals surface area contributed by atoms with Crippen molar-refractivity contribution < 1.29 is 32.9 Å². The number of phosphoric ester groups is 1. The number of aliphatic hydroxyl groups is 1. The number of nitrogens with zero attached hydrogens (tertiary/aromatic N) is 1. The van der Waals surface area contributed by atoms with Gasteiger partial charge in [-0.2, -0.15) is 0 Å². The molecule has 3 unspecified atom stereocenters. The second-order valence-electron chi connectivity index (χ2n) is 15.3. The maximum Gasteiger partial charge on any atom is 0.472 e. The Balaban J connectivity index is 4.52. The fourth-order valence-electron chi connectivity index (χ4n) is 5.59. The molecule has 0 aliphatic carbocycles. The van der Waals surface area contributed by atoms with Crippen molar-refractivity contribution in [2.45, 2.75) is 180 Å². The van der Waals surface area contributed by atoms with Gasteiger partial charge in [0.05, 0.1) is 39.9 Å². The van der Waals surface area contributed by atoms with Gasteiger partial charge in [0.15, 0.2) is 0 Å². The van der Waals surface area contributed by atoms with Crippen molar-refractivity contribution in [3.8, 4) is 0 Å². The van der Waals surface area contributed by atoms with E-state index in [0.717, 1.165) is 51.4 Å². The third-order valence-electron chi connectivity index (χ3n) is 9.00. The quantitative estimate of drug-likeness (QED) is 0.0252. The van der Waals surface area contributed by atoms with E-state index in [2.05, 4.69) is 55.6 Å². The van der Waals surface area contributed by atoms with E-state index in [1.165, 1.54) is 96.3 Å². The van der Waals surface area contributed by atoms with Gasteiger partial charge in [0.25, 0.3) is 0 Å². The lowest BCUT2D eigenvalue weighted by molar-refractivity contribution is -0.870. The van der Waals surface area contributed by atoms with E-state index in [-0.39, 0.29) is 19.1 Å². The largest absolute Gasteiger partial charge is 0.472 e. The van der Waals surface area contributed by atoms with E-state index in [1.807, 2.05) is 27.2 Å². The van der Waals surface area contributed by atoms with Crippen LogP contribution >= 0.6 is 7.82 Å². The van der Waals surface area contributed by atoms with Gasteiger partial charge in [-0.3, -0.25) is 13.8 Å². The summed E-state index contributed by atoms with van der Waals surface area (Å²) < 4.78 is 23.5. The molecule has 0 rings (SSSR count). The molecule has 0 radical (unpaired) electrons. The Morgan fingerprint density at radius 1 is 0.635 bits per heavy atom. The molecule has 0 aliphatic rings. The number of amides is 1. The molecule has 0 fully saturated rings. The van der Waals surface area contributed by atoms with Crippen LogP contribution in [0.15, 0.2) is 48.6 Å². The molecule has 1 amide bonds.